The summed E-state index contributed by atoms with van der Waals surface area (Å²) in [6, 6.07) is 7.80. The summed E-state index contributed by atoms with van der Waals surface area (Å²) in [5.74, 6) is 0.154. The third kappa shape index (κ3) is 2.46. The molecule has 0 radical (unpaired) electrons. The van der Waals surface area contributed by atoms with Gasteiger partial charge in [-0.05, 0) is 24.3 Å². The monoisotopic (exact) mass is 268 g/mol. The molecule has 3 nitrogen and oxygen atoms in total. The van der Waals surface area contributed by atoms with Crippen molar-refractivity contribution in [2.24, 2.45) is 11.7 Å². The van der Waals surface area contributed by atoms with E-state index in [1.165, 1.54) is 6.42 Å². The first-order valence-electron chi connectivity index (χ1n) is 7.40. The Hall–Kier alpha value is -1.74. The number of Topliss-reactive ketones (excluding diaryl/α,β-unsaturated/α-hetero) is 1. The molecule has 2 unspecified atom stereocenters. The zero-order chi connectivity index (χ0) is 13.9. The minimum Gasteiger partial charge on any atom is -0.327 e. The summed E-state index contributed by atoms with van der Waals surface area (Å²) in [7, 11) is 0. The largest absolute Gasteiger partial charge is 0.327 e. The fourth-order valence-corrected chi connectivity index (χ4v) is 3.19. The lowest BCUT2D eigenvalue weighted by molar-refractivity contribution is 0.0896. The van der Waals surface area contributed by atoms with Crippen molar-refractivity contribution in [2.45, 2.75) is 38.1 Å². The van der Waals surface area contributed by atoms with Gasteiger partial charge >= 0.3 is 0 Å². The van der Waals surface area contributed by atoms with Crippen molar-refractivity contribution >= 4 is 16.6 Å². The Labute approximate surface area is 119 Å². The van der Waals surface area contributed by atoms with Crippen molar-refractivity contribution in [2.75, 3.05) is 0 Å². The molecule has 1 aromatic heterocycles. The van der Waals surface area contributed by atoms with Gasteiger partial charge in [-0.1, -0.05) is 37.5 Å². The van der Waals surface area contributed by atoms with Crippen molar-refractivity contribution in [1.82, 2.24) is 4.98 Å². The van der Waals surface area contributed by atoms with E-state index in [-0.39, 0.29) is 17.7 Å². The Bertz CT molecular complexity index is 618. The Morgan fingerprint density at radius 3 is 2.90 bits per heavy atom. The lowest BCUT2D eigenvalue weighted by atomic mass is 9.86. The molecule has 0 saturated heterocycles. The van der Waals surface area contributed by atoms with Gasteiger partial charge in [0, 0.05) is 35.3 Å². The van der Waals surface area contributed by atoms with E-state index in [0.29, 0.717) is 0 Å². The predicted octanol–water partition coefficient (Wildman–Crippen LogP) is 3.33. The number of nitrogens with zero attached hydrogens (tertiary/aromatic N) is 1. The molecule has 0 spiro atoms. The van der Waals surface area contributed by atoms with Crippen LogP contribution in [0.2, 0.25) is 0 Å². The van der Waals surface area contributed by atoms with Crippen LogP contribution in [0.3, 0.4) is 0 Å². The number of fused-ring (bicyclic) bond motifs is 1. The molecule has 0 aliphatic heterocycles. The van der Waals surface area contributed by atoms with Crippen LogP contribution in [0.25, 0.3) is 10.8 Å². The average molecular weight is 268 g/mol. The van der Waals surface area contributed by atoms with Gasteiger partial charge in [0.25, 0.3) is 0 Å². The summed E-state index contributed by atoms with van der Waals surface area (Å²) in [5, 5.41) is 2.00. The van der Waals surface area contributed by atoms with Gasteiger partial charge in [-0.15, -0.1) is 0 Å². The van der Waals surface area contributed by atoms with Gasteiger partial charge < -0.3 is 5.73 Å². The number of ketones is 1. The summed E-state index contributed by atoms with van der Waals surface area (Å²) in [4.78, 5) is 17.0. The number of carbonyl (C=O) groups is 1. The Morgan fingerprint density at radius 1 is 1.15 bits per heavy atom. The summed E-state index contributed by atoms with van der Waals surface area (Å²) >= 11 is 0. The minimum atomic E-state index is -0.0386. The van der Waals surface area contributed by atoms with Gasteiger partial charge in [0.05, 0.1) is 0 Å². The average Bonchev–Trinajstić information content (AvgIpc) is 2.70. The van der Waals surface area contributed by atoms with Crippen LogP contribution in [-0.4, -0.2) is 16.8 Å². The first-order chi connectivity index (χ1) is 9.77. The highest BCUT2D eigenvalue weighted by atomic mass is 16.1. The van der Waals surface area contributed by atoms with Crippen molar-refractivity contribution in [3.05, 3.63) is 42.2 Å². The summed E-state index contributed by atoms with van der Waals surface area (Å²) in [5.41, 5.74) is 7.00. The highest BCUT2D eigenvalue weighted by molar-refractivity contribution is 6.09. The Balaban J connectivity index is 1.99. The molecule has 0 amide bonds. The number of hydrogen-bond donors (Lipinski definition) is 1. The van der Waals surface area contributed by atoms with Crippen LogP contribution in [0.4, 0.5) is 0 Å². The van der Waals surface area contributed by atoms with Gasteiger partial charge in [-0.3, -0.25) is 9.78 Å². The van der Waals surface area contributed by atoms with E-state index in [9.17, 15) is 4.79 Å². The second-order valence-corrected chi connectivity index (χ2v) is 5.67. The summed E-state index contributed by atoms with van der Waals surface area (Å²) in [6.07, 6.45) is 8.85. The third-order valence-corrected chi connectivity index (χ3v) is 4.36. The topological polar surface area (TPSA) is 56.0 Å². The fourth-order valence-electron chi connectivity index (χ4n) is 3.19. The maximum absolute atomic E-state index is 12.9. The van der Waals surface area contributed by atoms with E-state index in [1.807, 2.05) is 24.3 Å². The van der Waals surface area contributed by atoms with Crippen LogP contribution in [0.15, 0.2) is 36.7 Å². The number of benzene rings is 1. The van der Waals surface area contributed by atoms with Crippen LogP contribution >= 0.6 is 0 Å². The first kappa shape index (κ1) is 13.3. The second kappa shape index (κ2) is 5.71. The molecule has 1 aromatic carbocycles. The van der Waals surface area contributed by atoms with E-state index < -0.39 is 0 Å². The molecule has 3 rings (SSSR count). The van der Waals surface area contributed by atoms with E-state index in [2.05, 4.69) is 4.98 Å². The second-order valence-electron chi connectivity index (χ2n) is 5.67. The number of pyridine rings is 1. The van der Waals surface area contributed by atoms with E-state index in [0.717, 1.165) is 42.0 Å². The fraction of sp³-hybridized carbons (Fsp3) is 0.412. The summed E-state index contributed by atoms with van der Waals surface area (Å²) in [6.45, 7) is 0. The maximum Gasteiger partial charge on any atom is 0.168 e. The van der Waals surface area contributed by atoms with Crippen LogP contribution in [0.5, 0.6) is 0 Å². The van der Waals surface area contributed by atoms with Crippen molar-refractivity contribution in [1.29, 1.82) is 0 Å². The zero-order valence-electron chi connectivity index (χ0n) is 11.6. The molecule has 1 aliphatic carbocycles. The minimum absolute atomic E-state index is 0.00284. The standard InChI is InChI=1S/C17H20N2O/c18-16-8-3-1-2-6-14(16)17(20)13-7-4-5-12-9-10-19-11-15(12)13/h4-5,7,9-11,14,16H,1-3,6,8,18H2. The molecule has 1 heterocycles. The van der Waals surface area contributed by atoms with Gasteiger partial charge in [-0.2, -0.15) is 0 Å². The molecule has 20 heavy (non-hydrogen) atoms. The lowest BCUT2D eigenvalue weighted by Crippen LogP contribution is -2.34. The van der Waals surface area contributed by atoms with E-state index in [4.69, 9.17) is 5.73 Å². The molecule has 2 aromatic rings. The van der Waals surface area contributed by atoms with Crippen molar-refractivity contribution in [3.8, 4) is 0 Å². The molecule has 1 aliphatic rings. The van der Waals surface area contributed by atoms with Gasteiger partial charge in [0.1, 0.15) is 0 Å². The SMILES string of the molecule is NC1CCCCCC1C(=O)c1cccc2ccncc12. The van der Waals surface area contributed by atoms with Crippen LogP contribution in [0, 0.1) is 5.92 Å². The van der Waals surface area contributed by atoms with Crippen molar-refractivity contribution in [3.63, 3.8) is 0 Å². The third-order valence-electron chi connectivity index (χ3n) is 4.36. The van der Waals surface area contributed by atoms with Crippen LogP contribution in [0.1, 0.15) is 42.5 Å². The predicted molar refractivity (Wildman–Crippen MR) is 80.6 cm³/mol. The molecule has 2 atom stereocenters. The van der Waals surface area contributed by atoms with E-state index in [1.54, 1.807) is 12.4 Å². The lowest BCUT2D eigenvalue weighted by Gasteiger charge is -2.20. The molecule has 104 valence electrons. The molecule has 1 fully saturated rings. The van der Waals surface area contributed by atoms with Crippen molar-refractivity contribution < 1.29 is 4.79 Å². The smallest absolute Gasteiger partial charge is 0.168 e. The molecule has 3 heteroatoms. The number of rotatable bonds is 2. The molecule has 2 N–H and O–H groups in total. The summed E-state index contributed by atoms with van der Waals surface area (Å²) < 4.78 is 0. The first-order valence-corrected chi connectivity index (χ1v) is 7.40. The highest BCUT2D eigenvalue weighted by Crippen LogP contribution is 2.28. The molecule has 0 bridgehead atoms. The quantitative estimate of drug-likeness (QED) is 0.671. The van der Waals surface area contributed by atoms with Gasteiger partial charge in [-0.25, -0.2) is 0 Å². The van der Waals surface area contributed by atoms with Gasteiger partial charge in [0.15, 0.2) is 5.78 Å². The number of nitrogens with two attached hydrogens (primary N) is 1. The molecule has 1 saturated carbocycles. The zero-order valence-corrected chi connectivity index (χ0v) is 11.6. The number of aromatic nitrogens is 1. The molecular formula is C17H20N2O. The van der Waals surface area contributed by atoms with Crippen LogP contribution in [-0.2, 0) is 0 Å². The van der Waals surface area contributed by atoms with Crippen LogP contribution < -0.4 is 5.73 Å². The Kier molecular flexibility index (Phi) is 3.79. The number of carbonyl (C=O) groups excluding carboxylic acids is 1. The maximum atomic E-state index is 12.9. The van der Waals surface area contributed by atoms with Gasteiger partial charge in [0.2, 0.25) is 0 Å². The highest BCUT2D eigenvalue weighted by Gasteiger charge is 2.28. The number of hydrogen-bond acceptors (Lipinski definition) is 3. The molecular weight excluding hydrogens is 248 g/mol. The normalized spacial score (nSPS) is 23.4. The Morgan fingerprint density at radius 2 is 2.00 bits per heavy atom. The van der Waals surface area contributed by atoms with E-state index >= 15 is 0 Å².